The minimum absolute atomic E-state index is 0.0665. The molecule has 0 spiro atoms. The van der Waals surface area contributed by atoms with Crippen LogP contribution in [0.5, 0.6) is 0 Å². The van der Waals surface area contributed by atoms with Crippen molar-refractivity contribution in [2.75, 3.05) is 23.9 Å². The molecule has 1 aromatic carbocycles. The summed E-state index contributed by atoms with van der Waals surface area (Å²) in [7, 11) is -0.723. The molecule has 0 aromatic heterocycles. The molecule has 1 aromatic rings. The Hall–Kier alpha value is -1.20. The molecule has 0 aliphatic carbocycles. The van der Waals surface area contributed by atoms with E-state index in [0.717, 1.165) is 30.0 Å². The number of hydrogen-bond acceptors (Lipinski definition) is 3. The normalized spacial score (nSPS) is 13.8. The van der Waals surface area contributed by atoms with E-state index in [1.54, 1.807) is 6.26 Å². The molecule has 1 rings (SSSR count). The number of amides is 1. The average Bonchev–Trinajstić information content (AvgIpc) is 2.33. The first-order chi connectivity index (χ1) is 8.99. The van der Waals surface area contributed by atoms with E-state index in [0.29, 0.717) is 0 Å². The maximum Gasteiger partial charge on any atom is 0.221 e. The van der Waals surface area contributed by atoms with Gasteiger partial charge in [-0.25, -0.2) is 0 Å². The summed E-state index contributed by atoms with van der Waals surface area (Å²) in [5.41, 5.74) is 1.94. The predicted octanol–water partition coefficient (Wildman–Crippen LogP) is 2.06. The molecule has 0 saturated heterocycles. The molecule has 0 aliphatic rings. The maximum atomic E-state index is 11.0. The fourth-order valence-corrected chi connectivity index (χ4v) is 2.35. The molecular formula is C14H22N2O2S. The zero-order valence-electron chi connectivity index (χ0n) is 11.7. The molecule has 1 amide bonds. The number of carbonyl (C=O) groups excluding carboxylic acids is 1. The van der Waals surface area contributed by atoms with Crippen LogP contribution in [0.2, 0.25) is 0 Å². The summed E-state index contributed by atoms with van der Waals surface area (Å²) >= 11 is 0. The SMILES string of the molecule is CC(=O)Nc1cccc(C(C)NCCCS(C)=O)c1. The fourth-order valence-electron chi connectivity index (χ4n) is 1.80. The van der Waals surface area contributed by atoms with Crippen molar-refractivity contribution >= 4 is 22.4 Å². The lowest BCUT2D eigenvalue weighted by molar-refractivity contribution is -0.114. The maximum absolute atomic E-state index is 11.0. The number of nitrogens with one attached hydrogen (secondary N) is 2. The minimum atomic E-state index is -0.723. The van der Waals surface area contributed by atoms with Crippen molar-refractivity contribution < 1.29 is 9.00 Å². The number of anilines is 1. The van der Waals surface area contributed by atoms with Crippen molar-refractivity contribution in [2.45, 2.75) is 26.3 Å². The van der Waals surface area contributed by atoms with E-state index in [2.05, 4.69) is 17.6 Å². The van der Waals surface area contributed by atoms with Crippen molar-refractivity contribution in [1.29, 1.82) is 0 Å². The van der Waals surface area contributed by atoms with E-state index >= 15 is 0 Å². The van der Waals surface area contributed by atoms with Crippen LogP contribution in [-0.4, -0.2) is 28.7 Å². The van der Waals surface area contributed by atoms with Crippen molar-refractivity contribution in [3.63, 3.8) is 0 Å². The molecule has 0 fully saturated rings. The summed E-state index contributed by atoms with van der Waals surface area (Å²) in [6.07, 6.45) is 2.62. The third-order valence-electron chi connectivity index (χ3n) is 2.77. The highest BCUT2D eigenvalue weighted by molar-refractivity contribution is 7.84. The highest BCUT2D eigenvalue weighted by Gasteiger charge is 2.05. The Morgan fingerprint density at radius 3 is 2.79 bits per heavy atom. The molecule has 0 heterocycles. The second kappa shape index (κ2) is 8.07. The molecule has 2 atom stereocenters. The van der Waals surface area contributed by atoms with Gasteiger partial charge in [0.25, 0.3) is 0 Å². The van der Waals surface area contributed by atoms with Crippen LogP contribution < -0.4 is 10.6 Å². The van der Waals surface area contributed by atoms with Crippen LogP contribution in [0.4, 0.5) is 5.69 Å². The first kappa shape index (κ1) is 15.9. The van der Waals surface area contributed by atoms with Crippen LogP contribution in [0, 0.1) is 0 Å². The van der Waals surface area contributed by atoms with E-state index in [1.165, 1.54) is 6.92 Å². The van der Waals surface area contributed by atoms with Crippen LogP contribution in [-0.2, 0) is 15.6 Å². The molecular weight excluding hydrogens is 260 g/mol. The predicted molar refractivity (Wildman–Crippen MR) is 80.7 cm³/mol. The summed E-state index contributed by atoms with van der Waals surface area (Å²) in [5.74, 6) is 0.661. The molecule has 0 saturated carbocycles. The van der Waals surface area contributed by atoms with Gasteiger partial charge in [-0.15, -0.1) is 0 Å². The summed E-state index contributed by atoms with van der Waals surface area (Å²) in [4.78, 5) is 11.0. The lowest BCUT2D eigenvalue weighted by Crippen LogP contribution is -2.21. The topological polar surface area (TPSA) is 58.2 Å². The zero-order valence-corrected chi connectivity index (χ0v) is 12.5. The van der Waals surface area contributed by atoms with Crippen molar-refractivity contribution in [3.8, 4) is 0 Å². The first-order valence-electron chi connectivity index (χ1n) is 6.40. The second-order valence-electron chi connectivity index (χ2n) is 4.61. The molecule has 106 valence electrons. The van der Waals surface area contributed by atoms with E-state index in [4.69, 9.17) is 0 Å². The van der Waals surface area contributed by atoms with E-state index in [1.807, 2.05) is 24.3 Å². The molecule has 19 heavy (non-hydrogen) atoms. The van der Waals surface area contributed by atoms with Gasteiger partial charge in [-0.05, 0) is 37.6 Å². The number of benzene rings is 1. The van der Waals surface area contributed by atoms with Gasteiger partial charge in [0, 0.05) is 41.5 Å². The van der Waals surface area contributed by atoms with Gasteiger partial charge in [-0.1, -0.05) is 12.1 Å². The standard InChI is InChI=1S/C14H22N2O2S/c1-11(15-8-5-9-19(3)18)13-6-4-7-14(10-13)16-12(2)17/h4,6-7,10-11,15H,5,8-9H2,1-3H3,(H,16,17). The van der Waals surface area contributed by atoms with Gasteiger partial charge in [0.2, 0.25) is 5.91 Å². The Labute approximate surface area is 117 Å². The van der Waals surface area contributed by atoms with Gasteiger partial charge in [-0.3, -0.25) is 9.00 Å². The summed E-state index contributed by atoms with van der Waals surface area (Å²) in [5, 5.41) is 6.16. The quantitative estimate of drug-likeness (QED) is 0.753. The fraction of sp³-hybridized carbons (Fsp3) is 0.500. The zero-order chi connectivity index (χ0) is 14.3. The number of hydrogen-bond donors (Lipinski definition) is 2. The van der Waals surface area contributed by atoms with Gasteiger partial charge in [-0.2, -0.15) is 0 Å². The third kappa shape index (κ3) is 6.50. The van der Waals surface area contributed by atoms with Crippen LogP contribution in [0.25, 0.3) is 0 Å². The van der Waals surface area contributed by atoms with E-state index < -0.39 is 10.8 Å². The smallest absolute Gasteiger partial charge is 0.221 e. The van der Waals surface area contributed by atoms with Crippen molar-refractivity contribution in [3.05, 3.63) is 29.8 Å². The Kier molecular flexibility index (Phi) is 6.73. The summed E-state index contributed by atoms with van der Waals surface area (Å²) in [6.45, 7) is 4.42. The minimum Gasteiger partial charge on any atom is -0.326 e. The highest BCUT2D eigenvalue weighted by Crippen LogP contribution is 2.17. The first-order valence-corrected chi connectivity index (χ1v) is 8.12. The van der Waals surface area contributed by atoms with Gasteiger partial charge in [0.1, 0.15) is 0 Å². The van der Waals surface area contributed by atoms with Crippen molar-refractivity contribution in [2.24, 2.45) is 0 Å². The van der Waals surface area contributed by atoms with Gasteiger partial charge in [0.05, 0.1) is 0 Å². The Morgan fingerprint density at radius 1 is 1.42 bits per heavy atom. The molecule has 0 aliphatic heterocycles. The van der Waals surface area contributed by atoms with Crippen molar-refractivity contribution in [1.82, 2.24) is 5.32 Å². The lowest BCUT2D eigenvalue weighted by Gasteiger charge is -2.15. The molecule has 2 unspecified atom stereocenters. The van der Waals surface area contributed by atoms with Crippen LogP contribution in [0.15, 0.2) is 24.3 Å². The molecule has 5 heteroatoms. The van der Waals surface area contributed by atoms with Crippen LogP contribution in [0.3, 0.4) is 0 Å². The lowest BCUT2D eigenvalue weighted by atomic mass is 10.1. The van der Waals surface area contributed by atoms with E-state index in [9.17, 15) is 9.00 Å². The highest BCUT2D eigenvalue weighted by atomic mass is 32.2. The average molecular weight is 282 g/mol. The van der Waals surface area contributed by atoms with Gasteiger partial charge in [0.15, 0.2) is 0 Å². The largest absolute Gasteiger partial charge is 0.326 e. The molecule has 2 N–H and O–H groups in total. The van der Waals surface area contributed by atoms with Gasteiger partial charge < -0.3 is 10.6 Å². The second-order valence-corrected chi connectivity index (χ2v) is 6.17. The Balaban J connectivity index is 2.49. The summed E-state index contributed by atoms with van der Waals surface area (Å²) in [6, 6.07) is 8.01. The molecule has 4 nitrogen and oxygen atoms in total. The third-order valence-corrected chi connectivity index (χ3v) is 3.63. The number of carbonyl (C=O) groups is 1. The Morgan fingerprint density at radius 2 is 2.16 bits per heavy atom. The van der Waals surface area contributed by atoms with Crippen LogP contribution >= 0.6 is 0 Å². The monoisotopic (exact) mass is 282 g/mol. The number of rotatable bonds is 7. The van der Waals surface area contributed by atoms with Gasteiger partial charge >= 0.3 is 0 Å². The van der Waals surface area contributed by atoms with Crippen LogP contribution in [0.1, 0.15) is 31.9 Å². The summed E-state index contributed by atoms with van der Waals surface area (Å²) < 4.78 is 10.9. The molecule has 0 bridgehead atoms. The molecule has 0 radical (unpaired) electrons. The Bertz CT molecular complexity index is 449. The van der Waals surface area contributed by atoms with E-state index in [-0.39, 0.29) is 11.9 Å².